The standard InChI is InChI=1S/C20H21FN2O2/c21-15-7-8-19(25-16-4-1-2-5-16)14(12-15)13-23-11-9-18-17(20(23)24)6-3-10-22-18/h3,6-8,10,12,16H,1-2,4-5,9,11,13H2. The van der Waals surface area contributed by atoms with Crippen LogP contribution in [0.3, 0.4) is 0 Å². The first-order chi connectivity index (χ1) is 12.2. The van der Waals surface area contributed by atoms with E-state index in [9.17, 15) is 9.18 Å². The summed E-state index contributed by atoms with van der Waals surface area (Å²) in [4.78, 5) is 18.7. The van der Waals surface area contributed by atoms with Crippen LogP contribution < -0.4 is 4.74 Å². The Morgan fingerprint density at radius 1 is 1.24 bits per heavy atom. The summed E-state index contributed by atoms with van der Waals surface area (Å²) in [5.41, 5.74) is 2.21. The molecule has 1 aromatic carbocycles. The minimum Gasteiger partial charge on any atom is -0.490 e. The molecule has 1 aliphatic carbocycles. The van der Waals surface area contributed by atoms with Crippen molar-refractivity contribution in [3.05, 3.63) is 59.2 Å². The molecule has 2 aliphatic rings. The van der Waals surface area contributed by atoms with E-state index in [4.69, 9.17) is 4.74 Å². The van der Waals surface area contributed by atoms with E-state index in [2.05, 4.69) is 4.98 Å². The van der Waals surface area contributed by atoms with Crippen LogP contribution >= 0.6 is 0 Å². The van der Waals surface area contributed by atoms with Crippen molar-refractivity contribution in [1.82, 2.24) is 9.88 Å². The van der Waals surface area contributed by atoms with Crippen LogP contribution in [0.1, 0.15) is 47.3 Å². The Bertz CT molecular complexity index is 787. The van der Waals surface area contributed by atoms with E-state index in [-0.39, 0.29) is 17.8 Å². The van der Waals surface area contributed by atoms with E-state index in [1.807, 2.05) is 0 Å². The van der Waals surface area contributed by atoms with E-state index in [0.717, 1.165) is 30.5 Å². The van der Waals surface area contributed by atoms with Gasteiger partial charge in [-0.05, 0) is 56.0 Å². The second-order valence-electron chi connectivity index (χ2n) is 6.75. The van der Waals surface area contributed by atoms with Crippen molar-refractivity contribution in [2.75, 3.05) is 6.54 Å². The van der Waals surface area contributed by atoms with Gasteiger partial charge in [-0.3, -0.25) is 9.78 Å². The molecule has 1 amide bonds. The van der Waals surface area contributed by atoms with E-state index >= 15 is 0 Å². The Hall–Kier alpha value is -2.43. The molecule has 1 aliphatic heterocycles. The molecule has 0 unspecified atom stereocenters. The molecule has 130 valence electrons. The number of ether oxygens (including phenoxy) is 1. The van der Waals surface area contributed by atoms with Crippen molar-refractivity contribution in [2.45, 2.75) is 44.8 Å². The van der Waals surface area contributed by atoms with Crippen LogP contribution in [0.5, 0.6) is 5.75 Å². The predicted octanol–water partition coefficient (Wildman–Crippen LogP) is 3.74. The number of hydrogen-bond acceptors (Lipinski definition) is 3. The van der Waals surface area contributed by atoms with Gasteiger partial charge in [0.2, 0.25) is 0 Å². The molecule has 4 nitrogen and oxygen atoms in total. The molecule has 5 heteroatoms. The Morgan fingerprint density at radius 2 is 2.08 bits per heavy atom. The first kappa shape index (κ1) is 16.1. The Kier molecular flexibility index (Phi) is 4.38. The molecule has 0 bridgehead atoms. The SMILES string of the molecule is O=C1c2cccnc2CCN1Cc1cc(F)ccc1OC1CCCC1. The summed E-state index contributed by atoms with van der Waals surface area (Å²) in [6, 6.07) is 8.17. The number of carbonyl (C=O) groups is 1. The first-order valence-electron chi connectivity index (χ1n) is 8.89. The summed E-state index contributed by atoms with van der Waals surface area (Å²) in [5, 5.41) is 0. The second-order valence-corrected chi connectivity index (χ2v) is 6.75. The topological polar surface area (TPSA) is 42.4 Å². The average Bonchev–Trinajstić information content (AvgIpc) is 3.13. The summed E-state index contributed by atoms with van der Waals surface area (Å²) in [6.07, 6.45) is 7.06. The van der Waals surface area contributed by atoms with Crippen LogP contribution in [-0.2, 0) is 13.0 Å². The molecule has 1 saturated carbocycles. The third kappa shape index (κ3) is 3.36. The van der Waals surface area contributed by atoms with E-state index in [1.54, 1.807) is 29.3 Å². The number of carbonyl (C=O) groups excluding carboxylic acids is 1. The molecule has 0 atom stereocenters. The maximum Gasteiger partial charge on any atom is 0.256 e. The highest BCUT2D eigenvalue weighted by Gasteiger charge is 2.26. The molecule has 0 saturated heterocycles. The number of nitrogens with zero attached hydrogens (tertiary/aromatic N) is 2. The Labute approximate surface area is 146 Å². The van der Waals surface area contributed by atoms with Gasteiger partial charge in [-0.15, -0.1) is 0 Å². The number of pyridine rings is 1. The highest BCUT2D eigenvalue weighted by molar-refractivity contribution is 5.96. The molecule has 0 radical (unpaired) electrons. The smallest absolute Gasteiger partial charge is 0.256 e. The van der Waals surface area contributed by atoms with Crippen LogP contribution in [0.15, 0.2) is 36.5 Å². The average molecular weight is 340 g/mol. The van der Waals surface area contributed by atoms with Gasteiger partial charge in [0.05, 0.1) is 17.4 Å². The highest BCUT2D eigenvalue weighted by Crippen LogP contribution is 2.29. The van der Waals surface area contributed by atoms with Gasteiger partial charge in [-0.1, -0.05) is 0 Å². The molecule has 1 fully saturated rings. The molecule has 2 aromatic rings. The number of benzene rings is 1. The molecule has 0 N–H and O–H groups in total. The largest absolute Gasteiger partial charge is 0.490 e. The maximum atomic E-state index is 13.8. The van der Waals surface area contributed by atoms with Gasteiger partial charge in [0, 0.05) is 31.3 Å². The van der Waals surface area contributed by atoms with Gasteiger partial charge < -0.3 is 9.64 Å². The quantitative estimate of drug-likeness (QED) is 0.851. The minimum atomic E-state index is -0.305. The molecule has 2 heterocycles. The lowest BCUT2D eigenvalue weighted by atomic mass is 10.0. The number of halogens is 1. The fourth-order valence-corrected chi connectivity index (χ4v) is 3.67. The Morgan fingerprint density at radius 3 is 2.92 bits per heavy atom. The molecule has 25 heavy (non-hydrogen) atoms. The number of aromatic nitrogens is 1. The third-order valence-electron chi connectivity index (χ3n) is 5.01. The summed E-state index contributed by atoms with van der Waals surface area (Å²) >= 11 is 0. The van der Waals surface area contributed by atoms with Gasteiger partial charge in [0.25, 0.3) is 5.91 Å². The van der Waals surface area contributed by atoms with Gasteiger partial charge in [0.15, 0.2) is 0 Å². The zero-order valence-corrected chi connectivity index (χ0v) is 14.1. The zero-order chi connectivity index (χ0) is 17.2. The van der Waals surface area contributed by atoms with Crippen LogP contribution in [0.25, 0.3) is 0 Å². The lowest BCUT2D eigenvalue weighted by Crippen LogP contribution is -2.37. The summed E-state index contributed by atoms with van der Waals surface area (Å²) in [5.74, 6) is 0.337. The predicted molar refractivity (Wildman–Crippen MR) is 92.0 cm³/mol. The van der Waals surface area contributed by atoms with Crippen molar-refractivity contribution in [2.24, 2.45) is 0 Å². The van der Waals surface area contributed by atoms with Gasteiger partial charge >= 0.3 is 0 Å². The number of rotatable bonds is 4. The maximum absolute atomic E-state index is 13.8. The lowest BCUT2D eigenvalue weighted by molar-refractivity contribution is 0.0722. The Balaban J connectivity index is 1.56. The van der Waals surface area contributed by atoms with Crippen LogP contribution in [0, 0.1) is 5.82 Å². The normalized spacial score (nSPS) is 17.6. The van der Waals surface area contributed by atoms with Crippen molar-refractivity contribution in [3.63, 3.8) is 0 Å². The van der Waals surface area contributed by atoms with Crippen molar-refractivity contribution in [1.29, 1.82) is 0 Å². The van der Waals surface area contributed by atoms with Crippen LogP contribution in [0.4, 0.5) is 4.39 Å². The van der Waals surface area contributed by atoms with E-state index in [0.29, 0.717) is 24.4 Å². The minimum absolute atomic E-state index is 0.0505. The van der Waals surface area contributed by atoms with E-state index in [1.165, 1.54) is 25.0 Å². The highest BCUT2D eigenvalue weighted by atomic mass is 19.1. The van der Waals surface area contributed by atoms with Gasteiger partial charge in [-0.2, -0.15) is 0 Å². The van der Waals surface area contributed by atoms with Crippen molar-refractivity contribution in [3.8, 4) is 5.75 Å². The fourth-order valence-electron chi connectivity index (χ4n) is 3.67. The zero-order valence-electron chi connectivity index (χ0n) is 14.1. The van der Waals surface area contributed by atoms with Crippen LogP contribution in [-0.4, -0.2) is 28.4 Å². The molecular formula is C20H21FN2O2. The summed E-state index contributed by atoms with van der Waals surface area (Å²) in [6.45, 7) is 0.940. The number of amides is 1. The monoisotopic (exact) mass is 340 g/mol. The number of hydrogen-bond donors (Lipinski definition) is 0. The molecule has 1 aromatic heterocycles. The number of fused-ring (bicyclic) bond motifs is 1. The third-order valence-corrected chi connectivity index (χ3v) is 5.01. The van der Waals surface area contributed by atoms with Gasteiger partial charge in [0.1, 0.15) is 11.6 Å². The first-order valence-corrected chi connectivity index (χ1v) is 8.89. The van der Waals surface area contributed by atoms with Crippen molar-refractivity contribution < 1.29 is 13.9 Å². The summed E-state index contributed by atoms with van der Waals surface area (Å²) in [7, 11) is 0. The lowest BCUT2D eigenvalue weighted by Gasteiger charge is -2.29. The van der Waals surface area contributed by atoms with Crippen LogP contribution in [0.2, 0.25) is 0 Å². The molecule has 4 rings (SSSR count). The second kappa shape index (κ2) is 6.82. The fraction of sp³-hybridized carbons (Fsp3) is 0.400. The molecular weight excluding hydrogens is 319 g/mol. The van der Waals surface area contributed by atoms with Gasteiger partial charge in [-0.25, -0.2) is 4.39 Å². The van der Waals surface area contributed by atoms with E-state index < -0.39 is 0 Å². The van der Waals surface area contributed by atoms with Crippen molar-refractivity contribution >= 4 is 5.91 Å². The summed E-state index contributed by atoms with van der Waals surface area (Å²) < 4.78 is 19.9. The molecule has 0 spiro atoms.